The van der Waals surface area contributed by atoms with E-state index in [0.29, 0.717) is 5.92 Å². The third kappa shape index (κ3) is 3.17. The van der Waals surface area contributed by atoms with Crippen molar-refractivity contribution in [1.29, 1.82) is 0 Å². The van der Waals surface area contributed by atoms with Crippen molar-refractivity contribution in [2.75, 3.05) is 13.1 Å². The molecule has 3 rings (SSSR count). The Morgan fingerprint density at radius 3 is 2.53 bits per heavy atom. The fourth-order valence-corrected chi connectivity index (χ4v) is 3.48. The minimum Gasteiger partial charge on any atom is -0.485 e. The third-order valence-electron chi connectivity index (χ3n) is 3.64. The molecule has 0 radical (unpaired) electrons. The van der Waals surface area contributed by atoms with Gasteiger partial charge in [0.25, 0.3) is 0 Å². The van der Waals surface area contributed by atoms with E-state index in [0.717, 1.165) is 18.8 Å². The zero-order chi connectivity index (χ0) is 12.9. The molecule has 1 aliphatic heterocycles. The van der Waals surface area contributed by atoms with Crippen LogP contribution < -0.4 is 10.1 Å². The van der Waals surface area contributed by atoms with Gasteiger partial charge in [0.15, 0.2) is 0 Å². The second-order valence-electron chi connectivity index (χ2n) is 4.95. The first-order valence-corrected chi connectivity index (χ1v) is 7.77. The maximum atomic E-state index is 6.28. The van der Waals surface area contributed by atoms with Crippen molar-refractivity contribution in [3.05, 3.63) is 52.7 Å². The first-order valence-electron chi connectivity index (χ1n) is 6.89. The minimum absolute atomic E-state index is 0.199. The molecule has 2 aromatic rings. The molecule has 0 saturated carbocycles. The van der Waals surface area contributed by atoms with E-state index >= 15 is 0 Å². The molecule has 2 heterocycles. The van der Waals surface area contributed by atoms with Gasteiger partial charge in [0.1, 0.15) is 11.9 Å². The Balaban J connectivity index is 1.80. The van der Waals surface area contributed by atoms with Crippen molar-refractivity contribution in [3.63, 3.8) is 0 Å². The summed E-state index contributed by atoms with van der Waals surface area (Å²) in [5, 5.41) is 5.56. The lowest BCUT2D eigenvalue weighted by Gasteiger charge is -2.30. The molecule has 3 heteroatoms. The minimum atomic E-state index is 0.199. The van der Waals surface area contributed by atoms with Crippen molar-refractivity contribution in [3.8, 4) is 5.75 Å². The second-order valence-corrected chi connectivity index (χ2v) is 5.93. The molecular weight excluding hydrogens is 254 g/mol. The third-order valence-corrected chi connectivity index (χ3v) is 4.58. The van der Waals surface area contributed by atoms with Crippen LogP contribution in [0.15, 0.2) is 47.8 Å². The van der Waals surface area contributed by atoms with E-state index in [2.05, 4.69) is 22.8 Å². The van der Waals surface area contributed by atoms with Gasteiger partial charge in [0.05, 0.1) is 0 Å². The van der Waals surface area contributed by atoms with Gasteiger partial charge in [0.2, 0.25) is 0 Å². The fourth-order valence-electron chi connectivity index (χ4n) is 2.63. The Labute approximate surface area is 118 Å². The van der Waals surface area contributed by atoms with E-state index in [4.69, 9.17) is 4.74 Å². The number of hydrogen-bond acceptors (Lipinski definition) is 3. The van der Waals surface area contributed by atoms with E-state index in [1.165, 1.54) is 17.7 Å². The zero-order valence-electron chi connectivity index (χ0n) is 10.9. The Kier molecular flexibility index (Phi) is 4.16. The van der Waals surface area contributed by atoms with Crippen LogP contribution in [-0.2, 0) is 0 Å². The quantitative estimate of drug-likeness (QED) is 0.913. The van der Waals surface area contributed by atoms with Gasteiger partial charge in [-0.25, -0.2) is 0 Å². The molecule has 2 nitrogen and oxygen atoms in total. The van der Waals surface area contributed by atoms with Crippen LogP contribution in [0.4, 0.5) is 0 Å². The number of rotatable bonds is 4. The van der Waals surface area contributed by atoms with Crippen LogP contribution in [0.25, 0.3) is 0 Å². The number of hydrogen-bond donors (Lipinski definition) is 1. The molecule has 1 N–H and O–H groups in total. The van der Waals surface area contributed by atoms with Crippen molar-refractivity contribution >= 4 is 11.3 Å². The summed E-state index contributed by atoms with van der Waals surface area (Å²) >= 11 is 1.80. The molecule has 1 aromatic heterocycles. The number of benzene rings is 1. The average molecular weight is 273 g/mol. The Morgan fingerprint density at radius 2 is 1.84 bits per heavy atom. The van der Waals surface area contributed by atoms with Gasteiger partial charge < -0.3 is 10.1 Å². The summed E-state index contributed by atoms with van der Waals surface area (Å²) in [6.07, 6.45) is 2.58. The van der Waals surface area contributed by atoms with E-state index in [-0.39, 0.29) is 6.10 Å². The number of para-hydroxylation sites is 1. The lowest BCUT2D eigenvalue weighted by atomic mass is 9.91. The summed E-state index contributed by atoms with van der Waals surface area (Å²) in [7, 11) is 0. The summed E-state index contributed by atoms with van der Waals surface area (Å²) in [6.45, 7) is 2.20. The molecule has 1 unspecified atom stereocenters. The van der Waals surface area contributed by atoms with E-state index in [9.17, 15) is 0 Å². The highest BCUT2D eigenvalue weighted by Gasteiger charge is 2.27. The van der Waals surface area contributed by atoms with Crippen LogP contribution in [-0.4, -0.2) is 13.1 Å². The van der Waals surface area contributed by atoms with Crippen LogP contribution in [0, 0.1) is 5.92 Å². The fraction of sp³-hybridized carbons (Fsp3) is 0.375. The van der Waals surface area contributed by atoms with Gasteiger partial charge in [-0.3, -0.25) is 0 Å². The molecule has 1 fully saturated rings. The number of nitrogens with one attached hydrogen (secondary N) is 1. The SMILES string of the molecule is c1ccc(OC(c2cccs2)C2CCNCC2)cc1. The summed E-state index contributed by atoms with van der Waals surface area (Å²) < 4.78 is 6.28. The molecule has 1 aliphatic rings. The summed E-state index contributed by atoms with van der Waals surface area (Å²) in [6, 6.07) is 14.5. The van der Waals surface area contributed by atoms with Crippen LogP contribution >= 0.6 is 11.3 Å². The van der Waals surface area contributed by atoms with Gasteiger partial charge >= 0.3 is 0 Å². The molecular formula is C16H19NOS. The lowest BCUT2D eigenvalue weighted by molar-refractivity contribution is 0.115. The predicted octanol–water partition coefficient (Wildman–Crippen LogP) is 3.87. The van der Waals surface area contributed by atoms with Crippen molar-refractivity contribution in [2.24, 2.45) is 5.92 Å². The molecule has 1 saturated heterocycles. The molecule has 100 valence electrons. The monoisotopic (exact) mass is 273 g/mol. The van der Waals surface area contributed by atoms with Gasteiger partial charge in [0, 0.05) is 10.8 Å². The highest BCUT2D eigenvalue weighted by atomic mass is 32.1. The largest absolute Gasteiger partial charge is 0.485 e. The lowest BCUT2D eigenvalue weighted by Crippen LogP contribution is -2.32. The van der Waals surface area contributed by atoms with Crippen LogP contribution in [0.3, 0.4) is 0 Å². The Hall–Kier alpha value is -1.32. The molecule has 1 atom stereocenters. The van der Waals surface area contributed by atoms with Gasteiger partial charge in [-0.05, 0) is 49.5 Å². The molecule has 0 amide bonds. The summed E-state index contributed by atoms with van der Waals surface area (Å²) in [5.41, 5.74) is 0. The van der Waals surface area contributed by atoms with E-state index in [1.807, 2.05) is 30.3 Å². The average Bonchev–Trinajstić information content (AvgIpc) is 3.01. The molecule has 1 aromatic carbocycles. The number of piperidine rings is 1. The Bertz CT molecular complexity index is 477. The highest BCUT2D eigenvalue weighted by molar-refractivity contribution is 7.10. The zero-order valence-corrected chi connectivity index (χ0v) is 11.7. The predicted molar refractivity (Wildman–Crippen MR) is 79.7 cm³/mol. The maximum absolute atomic E-state index is 6.28. The van der Waals surface area contributed by atoms with Crippen molar-refractivity contribution in [2.45, 2.75) is 18.9 Å². The smallest absolute Gasteiger partial charge is 0.136 e. The molecule has 0 aliphatic carbocycles. The number of ether oxygens (including phenoxy) is 1. The first-order chi connectivity index (χ1) is 9.43. The molecule has 0 bridgehead atoms. The Morgan fingerprint density at radius 1 is 1.05 bits per heavy atom. The highest BCUT2D eigenvalue weighted by Crippen LogP contribution is 2.35. The topological polar surface area (TPSA) is 21.3 Å². The second kappa shape index (κ2) is 6.22. The summed E-state index contributed by atoms with van der Waals surface area (Å²) in [5.74, 6) is 1.58. The van der Waals surface area contributed by atoms with Crippen LogP contribution in [0.1, 0.15) is 23.8 Å². The van der Waals surface area contributed by atoms with Crippen LogP contribution in [0.2, 0.25) is 0 Å². The van der Waals surface area contributed by atoms with Crippen molar-refractivity contribution in [1.82, 2.24) is 5.32 Å². The molecule has 0 spiro atoms. The maximum Gasteiger partial charge on any atom is 0.136 e. The summed E-state index contributed by atoms with van der Waals surface area (Å²) in [4.78, 5) is 1.34. The first kappa shape index (κ1) is 12.7. The van der Waals surface area contributed by atoms with Crippen LogP contribution in [0.5, 0.6) is 5.75 Å². The van der Waals surface area contributed by atoms with E-state index < -0.39 is 0 Å². The van der Waals surface area contributed by atoms with Gasteiger partial charge in [-0.15, -0.1) is 11.3 Å². The van der Waals surface area contributed by atoms with Gasteiger partial charge in [-0.2, -0.15) is 0 Å². The van der Waals surface area contributed by atoms with E-state index in [1.54, 1.807) is 11.3 Å². The number of thiophene rings is 1. The molecule has 19 heavy (non-hydrogen) atoms. The van der Waals surface area contributed by atoms with Gasteiger partial charge in [-0.1, -0.05) is 24.3 Å². The van der Waals surface area contributed by atoms with Crippen molar-refractivity contribution < 1.29 is 4.74 Å². The standard InChI is InChI=1S/C16H19NOS/c1-2-5-14(6-3-1)18-16(15-7-4-12-19-15)13-8-10-17-11-9-13/h1-7,12-13,16-17H,8-11H2. The normalized spacial score (nSPS) is 18.1.